The maximum atomic E-state index is 6.22. The number of rotatable bonds is 5. The van der Waals surface area contributed by atoms with Crippen LogP contribution in [-0.4, -0.2) is 47.8 Å². The fraction of sp³-hybridized carbons (Fsp3) is 0.529. The Hall–Kier alpha value is -1.05. The van der Waals surface area contributed by atoms with E-state index in [2.05, 4.69) is 40.5 Å². The second-order valence-electron chi connectivity index (χ2n) is 5.70. The largest absolute Gasteiger partial charge is 0.277 e. The zero-order chi connectivity index (χ0) is 15.2. The van der Waals surface area contributed by atoms with Crippen molar-refractivity contribution >= 4 is 11.6 Å². The molecule has 0 unspecified atom stereocenters. The zero-order valence-electron chi connectivity index (χ0n) is 13.0. The highest BCUT2D eigenvalue weighted by atomic mass is 35.5. The van der Waals surface area contributed by atoms with E-state index in [9.17, 15) is 0 Å². The SMILES string of the molecule is C#CCN1CN(CCC)CN(Cc2cccc(Cl)c2C)C1. The third-order valence-electron chi connectivity index (χ3n) is 3.83. The summed E-state index contributed by atoms with van der Waals surface area (Å²) in [4.78, 5) is 7.18. The smallest absolute Gasteiger partial charge is 0.0622 e. The summed E-state index contributed by atoms with van der Waals surface area (Å²) in [6, 6.07) is 6.13. The third-order valence-corrected chi connectivity index (χ3v) is 4.24. The Morgan fingerprint density at radius 1 is 1.19 bits per heavy atom. The Kier molecular flexibility index (Phi) is 6.08. The Morgan fingerprint density at radius 3 is 2.62 bits per heavy atom. The van der Waals surface area contributed by atoms with Crippen molar-refractivity contribution in [3.8, 4) is 12.3 Å². The average molecular weight is 306 g/mol. The molecule has 1 fully saturated rings. The van der Waals surface area contributed by atoms with Gasteiger partial charge in [0, 0.05) is 18.1 Å². The van der Waals surface area contributed by atoms with Crippen molar-refractivity contribution in [1.29, 1.82) is 0 Å². The molecule has 1 aliphatic heterocycles. The molecule has 0 N–H and O–H groups in total. The molecule has 0 bridgehead atoms. The number of benzene rings is 1. The molecule has 0 saturated carbocycles. The van der Waals surface area contributed by atoms with Gasteiger partial charge in [-0.2, -0.15) is 0 Å². The molecule has 0 aromatic heterocycles. The van der Waals surface area contributed by atoms with Crippen LogP contribution in [0.3, 0.4) is 0 Å². The van der Waals surface area contributed by atoms with Crippen LogP contribution >= 0.6 is 11.6 Å². The monoisotopic (exact) mass is 305 g/mol. The molecule has 1 aromatic carbocycles. The van der Waals surface area contributed by atoms with E-state index < -0.39 is 0 Å². The lowest BCUT2D eigenvalue weighted by atomic mass is 10.1. The van der Waals surface area contributed by atoms with Gasteiger partial charge in [-0.25, -0.2) is 0 Å². The summed E-state index contributed by atoms with van der Waals surface area (Å²) >= 11 is 6.22. The van der Waals surface area contributed by atoms with Gasteiger partial charge in [0.1, 0.15) is 0 Å². The van der Waals surface area contributed by atoms with Gasteiger partial charge < -0.3 is 0 Å². The van der Waals surface area contributed by atoms with Crippen molar-refractivity contribution in [3.05, 3.63) is 34.3 Å². The molecular weight excluding hydrogens is 282 g/mol. The average Bonchev–Trinajstić information content (AvgIpc) is 2.44. The van der Waals surface area contributed by atoms with Gasteiger partial charge >= 0.3 is 0 Å². The van der Waals surface area contributed by atoms with Crippen molar-refractivity contribution in [2.45, 2.75) is 26.8 Å². The van der Waals surface area contributed by atoms with E-state index in [1.54, 1.807) is 0 Å². The number of hydrogen-bond acceptors (Lipinski definition) is 3. The number of hydrogen-bond donors (Lipinski definition) is 0. The molecule has 1 saturated heterocycles. The van der Waals surface area contributed by atoms with Crippen LogP contribution in [0.4, 0.5) is 0 Å². The van der Waals surface area contributed by atoms with E-state index in [0.717, 1.165) is 44.5 Å². The topological polar surface area (TPSA) is 9.72 Å². The van der Waals surface area contributed by atoms with Crippen molar-refractivity contribution in [2.24, 2.45) is 0 Å². The van der Waals surface area contributed by atoms with Gasteiger partial charge in [-0.05, 0) is 30.5 Å². The molecule has 1 heterocycles. The Morgan fingerprint density at radius 2 is 1.90 bits per heavy atom. The van der Waals surface area contributed by atoms with Crippen LogP contribution in [-0.2, 0) is 6.54 Å². The summed E-state index contributed by atoms with van der Waals surface area (Å²) in [5.74, 6) is 2.76. The van der Waals surface area contributed by atoms with E-state index in [-0.39, 0.29) is 0 Å². The quantitative estimate of drug-likeness (QED) is 0.774. The molecular formula is C17H24ClN3. The zero-order valence-corrected chi connectivity index (χ0v) is 13.7. The maximum absolute atomic E-state index is 6.22. The fourth-order valence-corrected chi connectivity index (χ4v) is 3.03. The van der Waals surface area contributed by atoms with E-state index >= 15 is 0 Å². The maximum Gasteiger partial charge on any atom is 0.0622 e. The Labute approximate surface area is 133 Å². The normalized spacial score (nSPS) is 17.8. The molecule has 0 radical (unpaired) electrons. The molecule has 0 amide bonds. The van der Waals surface area contributed by atoms with Crippen LogP contribution < -0.4 is 0 Å². The van der Waals surface area contributed by atoms with Crippen LogP contribution in [0.1, 0.15) is 24.5 Å². The minimum Gasteiger partial charge on any atom is -0.277 e. The summed E-state index contributed by atoms with van der Waals surface area (Å²) in [7, 11) is 0. The standard InChI is InChI=1S/C17H24ClN3/c1-4-9-19-12-20(10-5-2)14-21(13-19)11-16-7-6-8-17(18)15(16)3/h1,6-8H,5,9-14H2,2-3H3. The van der Waals surface area contributed by atoms with Gasteiger partial charge in [0.2, 0.25) is 0 Å². The van der Waals surface area contributed by atoms with E-state index in [0.29, 0.717) is 6.54 Å². The number of nitrogens with zero attached hydrogens (tertiary/aromatic N) is 3. The van der Waals surface area contributed by atoms with Crippen LogP contribution in [0.25, 0.3) is 0 Å². The molecule has 1 aliphatic rings. The first-order chi connectivity index (χ1) is 10.1. The molecule has 0 atom stereocenters. The lowest BCUT2D eigenvalue weighted by Crippen LogP contribution is -2.54. The number of terminal acetylenes is 1. The molecule has 4 heteroatoms. The highest BCUT2D eigenvalue weighted by Gasteiger charge is 2.22. The summed E-state index contributed by atoms with van der Waals surface area (Å²) in [6.45, 7) is 9.88. The first-order valence-electron chi connectivity index (χ1n) is 7.48. The summed E-state index contributed by atoms with van der Waals surface area (Å²) < 4.78 is 0. The predicted octanol–water partition coefficient (Wildman–Crippen LogP) is 2.98. The van der Waals surface area contributed by atoms with Gasteiger partial charge in [-0.1, -0.05) is 36.6 Å². The molecule has 0 aliphatic carbocycles. The van der Waals surface area contributed by atoms with Crippen molar-refractivity contribution in [3.63, 3.8) is 0 Å². The summed E-state index contributed by atoms with van der Waals surface area (Å²) in [5.41, 5.74) is 2.47. The van der Waals surface area contributed by atoms with E-state index in [1.165, 1.54) is 11.1 Å². The molecule has 3 nitrogen and oxygen atoms in total. The molecule has 114 valence electrons. The third kappa shape index (κ3) is 4.46. The van der Waals surface area contributed by atoms with Gasteiger partial charge in [-0.3, -0.25) is 14.7 Å². The summed E-state index contributed by atoms with van der Waals surface area (Å²) in [6.07, 6.45) is 6.64. The predicted molar refractivity (Wildman–Crippen MR) is 88.9 cm³/mol. The van der Waals surface area contributed by atoms with Crippen LogP contribution in [0.2, 0.25) is 5.02 Å². The van der Waals surface area contributed by atoms with Crippen LogP contribution in [0.5, 0.6) is 0 Å². The van der Waals surface area contributed by atoms with E-state index in [4.69, 9.17) is 18.0 Å². The van der Waals surface area contributed by atoms with Crippen LogP contribution in [0, 0.1) is 19.3 Å². The van der Waals surface area contributed by atoms with E-state index in [1.807, 2.05) is 12.1 Å². The lowest BCUT2D eigenvalue weighted by molar-refractivity contribution is -0.0269. The number of halogens is 1. The molecule has 21 heavy (non-hydrogen) atoms. The second-order valence-corrected chi connectivity index (χ2v) is 6.11. The first-order valence-corrected chi connectivity index (χ1v) is 7.86. The van der Waals surface area contributed by atoms with Crippen molar-refractivity contribution in [1.82, 2.24) is 14.7 Å². The summed E-state index contributed by atoms with van der Waals surface area (Å²) in [5, 5.41) is 0.843. The van der Waals surface area contributed by atoms with Crippen molar-refractivity contribution < 1.29 is 0 Å². The Balaban J connectivity index is 2.06. The first kappa shape index (κ1) is 16.3. The van der Waals surface area contributed by atoms with Crippen molar-refractivity contribution in [2.75, 3.05) is 33.1 Å². The highest BCUT2D eigenvalue weighted by Crippen LogP contribution is 2.21. The molecule has 1 aromatic rings. The van der Waals surface area contributed by atoms with Gasteiger partial charge in [-0.15, -0.1) is 6.42 Å². The van der Waals surface area contributed by atoms with Gasteiger partial charge in [0.15, 0.2) is 0 Å². The molecule has 2 rings (SSSR count). The minimum atomic E-state index is 0.700. The molecule has 0 spiro atoms. The lowest BCUT2D eigenvalue weighted by Gasteiger charge is -2.41. The van der Waals surface area contributed by atoms with Gasteiger partial charge in [0.05, 0.1) is 26.6 Å². The second kappa shape index (κ2) is 7.82. The minimum absolute atomic E-state index is 0.700. The highest BCUT2D eigenvalue weighted by molar-refractivity contribution is 6.31. The van der Waals surface area contributed by atoms with Crippen LogP contribution in [0.15, 0.2) is 18.2 Å². The van der Waals surface area contributed by atoms with Gasteiger partial charge in [0.25, 0.3) is 0 Å². The Bertz CT molecular complexity index is 509. The fourth-order valence-electron chi connectivity index (χ4n) is 2.83.